The number of aromatic nitrogens is 4. The summed E-state index contributed by atoms with van der Waals surface area (Å²) >= 11 is 0. The van der Waals surface area contributed by atoms with Crippen molar-refractivity contribution >= 4 is 11.9 Å². The molecular formula is C27H21N5O4. The van der Waals surface area contributed by atoms with Crippen LogP contribution in [0.3, 0.4) is 0 Å². The number of oxime groups is 1. The third-order valence-electron chi connectivity index (χ3n) is 5.95. The molecule has 1 aliphatic rings. The van der Waals surface area contributed by atoms with Crippen molar-refractivity contribution in [3.05, 3.63) is 107 Å². The summed E-state index contributed by atoms with van der Waals surface area (Å²) in [6.07, 6.45) is 3.19. The van der Waals surface area contributed by atoms with Crippen LogP contribution in [-0.4, -0.2) is 38.0 Å². The highest BCUT2D eigenvalue weighted by molar-refractivity contribution is 5.78. The molecular weight excluding hydrogens is 458 g/mol. The van der Waals surface area contributed by atoms with Gasteiger partial charge < -0.3 is 19.4 Å². The smallest absolute Gasteiger partial charge is 0.228 e. The van der Waals surface area contributed by atoms with Gasteiger partial charge in [-0.2, -0.15) is 0 Å². The molecule has 2 aromatic heterocycles. The summed E-state index contributed by atoms with van der Waals surface area (Å²) in [5, 5.41) is 18.6. The number of ether oxygens (including phenoxy) is 2. The van der Waals surface area contributed by atoms with Gasteiger partial charge in [0.1, 0.15) is 23.6 Å². The maximum absolute atomic E-state index is 10.0. The van der Waals surface area contributed by atoms with Crippen molar-refractivity contribution in [2.75, 3.05) is 7.11 Å². The van der Waals surface area contributed by atoms with Gasteiger partial charge in [0.05, 0.1) is 18.9 Å². The minimum atomic E-state index is -0.250. The Bertz CT molecular complexity index is 1570. The average Bonchev–Trinajstić information content (AvgIpc) is 3.34. The lowest BCUT2D eigenvalue weighted by Gasteiger charge is -2.28. The molecule has 6 rings (SSSR count). The van der Waals surface area contributed by atoms with E-state index in [1.165, 1.54) is 0 Å². The maximum atomic E-state index is 10.0. The van der Waals surface area contributed by atoms with E-state index in [1.54, 1.807) is 36.3 Å². The third kappa shape index (κ3) is 3.96. The van der Waals surface area contributed by atoms with E-state index in [0.29, 0.717) is 23.1 Å². The molecule has 0 saturated carbocycles. The number of phenols is 1. The zero-order valence-corrected chi connectivity index (χ0v) is 19.3. The number of nitrogens with zero attached hydrogens (tertiary/aromatic N) is 5. The van der Waals surface area contributed by atoms with Crippen molar-refractivity contribution in [3.63, 3.8) is 0 Å². The summed E-state index contributed by atoms with van der Waals surface area (Å²) in [5.74, 6) is 2.03. The van der Waals surface area contributed by atoms with Gasteiger partial charge in [0.15, 0.2) is 18.1 Å². The molecule has 5 aromatic rings. The van der Waals surface area contributed by atoms with Crippen LogP contribution in [0, 0.1) is 0 Å². The SMILES string of the molecule is COc1ccc([C@H]2c3ccc(O)cc3Oc3ncn4nc(CO/N=C\c5ccccc5)nc4c32)cc1. The first-order valence-electron chi connectivity index (χ1n) is 11.3. The zero-order chi connectivity index (χ0) is 24.5. The lowest BCUT2D eigenvalue weighted by molar-refractivity contribution is 0.126. The minimum absolute atomic E-state index is 0.0955. The summed E-state index contributed by atoms with van der Waals surface area (Å²) < 4.78 is 13.0. The average molecular weight is 479 g/mol. The van der Waals surface area contributed by atoms with Crippen molar-refractivity contribution in [1.29, 1.82) is 0 Å². The molecule has 3 heterocycles. The molecule has 0 amide bonds. The number of fused-ring (bicyclic) bond motifs is 4. The molecule has 1 atom stereocenters. The number of hydrogen-bond donors (Lipinski definition) is 1. The van der Waals surface area contributed by atoms with Crippen LogP contribution in [0.5, 0.6) is 23.1 Å². The van der Waals surface area contributed by atoms with E-state index in [0.717, 1.165) is 28.0 Å². The molecule has 9 nitrogen and oxygen atoms in total. The second-order valence-corrected chi connectivity index (χ2v) is 8.21. The topological polar surface area (TPSA) is 103 Å². The summed E-state index contributed by atoms with van der Waals surface area (Å²) in [6.45, 7) is 0.0955. The predicted octanol–water partition coefficient (Wildman–Crippen LogP) is 4.68. The van der Waals surface area contributed by atoms with Crippen LogP contribution < -0.4 is 9.47 Å². The van der Waals surface area contributed by atoms with Gasteiger partial charge in [0.2, 0.25) is 5.88 Å². The van der Waals surface area contributed by atoms with Crippen LogP contribution in [0.2, 0.25) is 0 Å². The fourth-order valence-electron chi connectivity index (χ4n) is 4.28. The van der Waals surface area contributed by atoms with Crippen molar-refractivity contribution < 1.29 is 19.4 Å². The van der Waals surface area contributed by atoms with Crippen LogP contribution in [0.4, 0.5) is 0 Å². The molecule has 0 aliphatic carbocycles. The Morgan fingerprint density at radius 3 is 2.72 bits per heavy atom. The standard InChI is InChI=1S/C27H21N5O4/c1-34-20-10-7-18(8-11-20)24-21-12-9-19(33)13-22(21)36-27-25(24)26-30-23(31-32(26)16-28-27)15-35-29-14-17-5-3-2-4-6-17/h2-14,16,24,33H,15H2,1H3/b29-14-/t24-/m0/s1. The van der Waals surface area contributed by atoms with Crippen molar-refractivity contribution in [2.45, 2.75) is 12.5 Å². The van der Waals surface area contributed by atoms with Gasteiger partial charge in [0, 0.05) is 17.5 Å². The largest absolute Gasteiger partial charge is 0.508 e. The lowest BCUT2D eigenvalue weighted by Crippen LogP contribution is -2.15. The Morgan fingerprint density at radius 1 is 1.08 bits per heavy atom. The van der Waals surface area contributed by atoms with E-state index in [1.807, 2.05) is 60.7 Å². The second kappa shape index (κ2) is 9.03. The summed E-state index contributed by atoms with van der Waals surface area (Å²) in [6, 6.07) is 22.6. The van der Waals surface area contributed by atoms with Crippen molar-refractivity contribution in [3.8, 4) is 23.1 Å². The number of benzene rings is 3. The van der Waals surface area contributed by atoms with E-state index in [2.05, 4.69) is 15.2 Å². The molecule has 9 heteroatoms. The summed E-state index contributed by atoms with van der Waals surface area (Å²) in [5.41, 5.74) is 4.18. The van der Waals surface area contributed by atoms with E-state index in [9.17, 15) is 5.11 Å². The highest BCUT2D eigenvalue weighted by Gasteiger charge is 2.33. The number of rotatable bonds is 6. The molecule has 36 heavy (non-hydrogen) atoms. The summed E-state index contributed by atoms with van der Waals surface area (Å²) in [7, 11) is 1.63. The molecule has 0 bridgehead atoms. The Morgan fingerprint density at radius 2 is 1.92 bits per heavy atom. The van der Waals surface area contributed by atoms with Crippen LogP contribution in [0.1, 0.15) is 34.0 Å². The third-order valence-corrected chi connectivity index (χ3v) is 5.95. The van der Waals surface area contributed by atoms with Crippen LogP contribution in [0.15, 0.2) is 84.3 Å². The van der Waals surface area contributed by atoms with Crippen molar-refractivity contribution in [2.24, 2.45) is 5.16 Å². The molecule has 3 aromatic carbocycles. The number of aromatic hydroxyl groups is 1. The van der Waals surface area contributed by atoms with Crippen LogP contribution in [0.25, 0.3) is 5.65 Å². The molecule has 0 saturated heterocycles. The first kappa shape index (κ1) is 21.6. The highest BCUT2D eigenvalue weighted by atomic mass is 16.6. The van der Waals surface area contributed by atoms with Crippen LogP contribution >= 0.6 is 0 Å². The Balaban J connectivity index is 1.38. The van der Waals surface area contributed by atoms with Gasteiger partial charge in [-0.25, -0.2) is 14.5 Å². The predicted molar refractivity (Wildman–Crippen MR) is 132 cm³/mol. The van der Waals surface area contributed by atoms with Crippen molar-refractivity contribution in [1.82, 2.24) is 19.6 Å². The molecule has 0 spiro atoms. The molecule has 1 N–H and O–H groups in total. The van der Waals surface area contributed by atoms with Gasteiger partial charge in [-0.1, -0.05) is 53.7 Å². The number of hydrogen-bond acceptors (Lipinski definition) is 8. The Hall–Kier alpha value is -4.92. The Kier molecular flexibility index (Phi) is 5.42. The summed E-state index contributed by atoms with van der Waals surface area (Å²) in [4.78, 5) is 14.7. The maximum Gasteiger partial charge on any atom is 0.228 e. The Labute approximate surface area is 206 Å². The minimum Gasteiger partial charge on any atom is -0.508 e. The fourth-order valence-corrected chi connectivity index (χ4v) is 4.28. The molecule has 178 valence electrons. The van der Waals surface area contributed by atoms with Crippen LogP contribution in [-0.2, 0) is 11.4 Å². The normalized spacial score (nSPS) is 14.3. The monoisotopic (exact) mass is 479 g/mol. The molecule has 0 unspecified atom stereocenters. The molecule has 0 radical (unpaired) electrons. The van der Waals surface area contributed by atoms with E-state index in [4.69, 9.17) is 19.3 Å². The zero-order valence-electron chi connectivity index (χ0n) is 19.3. The molecule has 1 aliphatic heterocycles. The lowest BCUT2D eigenvalue weighted by atomic mass is 9.84. The second-order valence-electron chi connectivity index (χ2n) is 8.21. The first-order chi connectivity index (χ1) is 17.7. The fraction of sp³-hybridized carbons (Fsp3) is 0.111. The van der Waals surface area contributed by atoms with E-state index >= 15 is 0 Å². The van der Waals surface area contributed by atoms with E-state index in [-0.39, 0.29) is 18.3 Å². The van der Waals surface area contributed by atoms with Gasteiger partial charge in [-0.05, 0) is 29.3 Å². The highest BCUT2D eigenvalue weighted by Crippen LogP contribution is 2.48. The van der Waals surface area contributed by atoms with Gasteiger partial charge in [0.25, 0.3) is 0 Å². The van der Waals surface area contributed by atoms with Gasteiger partial charge >= 0.3 is 0 Å². The first-order valence-corrected chi connectivity index (χ1v) is 11.3. The quantitative estimate of drug-likeness (QED) is 0.273. The number of methoxy groups -OCH3 is 1. The molecule has 0 fully saturated rings. The van der Waals surface area contributed by atoms with Gasteiger partial charge in [-0.3, -0.25) is 0 Å². The number of phenolic OH excluding ortho intramolecular Hbond substituents is 1. The van der Waals surface area contributed by atoms with E-state index < -0.39 is 0 Å². The van der Waals surface area contributed by atoms with Gasteiger partial charge in [-0.15, -0.1) is 5.10 Å².